The lowest BCUT2D eigenvalue weighted by atomic mass is 10.3. The van der Waals surface area contributed by atoms with Gasteiger partial charge < -0.3 is 8.46 Å². The number of hydrogen-bond acceptors (Lipinski definition) is 4. The van der Waals surface area contributed by atoms with Crippen molar-refractivity contribution in [2.45, 2.75) is 19.6 Å². The van der Waals surface area contributed by atoms with Gasteiger partial charge in [-0.05, 0) is 31.1 Å². The second-order valence-electron chi connectivity index (χ2n) is 14.1. The van der Waals surface area contributed by atoms with Crippen LogP contribution >= 0.6 is 0 Å². The molecule has 254 valence electrons. The number of aromatic nitrogens is 4. The highest BCUT2D eigenvalue weighted by atomic mass is 28.4. The summed E-state index contributed by atoms with van der Waals surface area (Å²) in [6, 6.07) is 67.5. The van der Waals surface area contributed by atoms with Crippen molar-refractivity contribution in [1.29, 1.82) is 0 Å². The summed E-state index contributed by atoms with van der Waals surface area (Å²) in [5.41, 5.74) is 0.823. The third kappa shape index (κ3) is 5.47. The lowest BCUT2D eigenvalue weighted by Crippen LogP contribution is -2.91. The zero-order valence-corrected chi connectivity index (χ0v) is 32.7. The second kappa shape index (κ2) is 13.8. The standard InChI is InChI=1S/C44H41N5Si3/c1-50(2,3)48-35-47-43-42(45-34-46-43)44(48)49(51(36-22-10-4-11-23-36,37-24-12-5-13-25-37)38-26-14-6-15-27-38)52(39-28-16-7-17-29-39,40-30-18-8-19-31-40)41-32-20-9-21-33-41/h4-35H,1-3H3. The third-order valence-electron chi connectivity index (χ3n) is 10.1. The monoisotopic (exact) mass is 723 g/mol. The molecule has 2 heterocycles. The van der Waals surface area contributed by atoms with Gasteiger partial charge in [0, 0.05) is 0 Å². The van der Waals surface area contributed by atoms with Crippen LogP contribution in [0.5, 0.6) is 0 Å². The lowest BCUT2D eigenvalue weighted by molar-refractivity contribution is 1.01. The molecule has 2 aliphatic rings. The molecule has 0 atom stereocenters. The normalized spacial score (nSPS) is 12.1. The topological polar surface area (TPSA) is 46.8 Å². The summed E-state index contributed by atoms with van der Waals surface area (Å²) >= 11 is 0. The fourth-order valence-electron chi connectivity index (χ4n) is 7.92. The van der Waals surface area contributed by atoms with Crippen LogP contribution in [-0.2, 0) is 0 Å². The molecule has 5 nitrogen and oxygen atoms in total. The highest BCUT2D eigenvalue weighted by Gasteiger charge is 2.59. The summed E-state index contributed by atoms with van der Waals surface area (Å²) < 4.78 is 5.45. The summed E-state index contributed by atoms with van der Waals surface area (Å²) in [7, 11) is -8.96. The van der Waals surface area contributed by atoms with E-state index in [4.69, 9.17) is 15.0 Å². The minimum Gasteiger partial charge on any atom is -0.388 e. The first-order valence-electron chi connectivity index (χ1n) is 17.8. The molecule has 8 heteroatoms. The number of hydrogen-bond donors (Lipinski definition) is 0. The molecule has 0 fully saturated rings. The Hall–Kier alpha value is -5.68. The van der Waals surface area contributed by atoms with Crippen molar-refractivity contribution >= 4 is 61.6 Å². The number of rotatable bonds is 10. The Bertz CT molecular complexity index is 2010. The largest absolute Gasteiger partial charge is 0.388 e. The molecule has 6 aromatic rings. The van der Waals surface area contributed by atoms with E-state index in [1.54, 1.807) is 6.33 Å². The van der Waals surface area contributed by atoms with Gasteiger partial charge in [-0.3, -0.25) is 0 Å². The van der Waals surface area contributed by atoms with Crippen molar-refractivity contribution in [2.24, 2.45) is 0 Å². The van der Waals surface area contributed by atoms with Gasteiger partial charge in [0.15, 0.2) is 14.1 Å². The number of anilines is 1. The zero-order valence-electron chi connectivity index (χ0n) is 29.7. The van der Waals surface area contributed by atoms with Gasteiger partial charge in [-0.15, -0.1) is 0 Å². The third-order valence-corrected chi connectivity index (χ3v) is 22.6. The van der Waals surface area contributed by atoms with Gasteiger partial charge in [-0.1, -0.05) is 202 Å². The maximum Gasteiger partial charge on any atom is 0.246 e. The van der Waals surface area contributed by atoms with Crippen molar-refractivity contribution < 1.29 is 0 Å². The van der Waals surface area contributed by atoms with Crippen LogP contribution in [0.4, 0.5) is 5.82 Å². The van der Waals surface area contributed by atoms with Gasteiger partial charge in [0.25, 0.3) is 0 Å². The lowest BCUT2D eigenvalue weighted by Gasteiger charge is -2.56. The Morgan fingerprint density at radius 1 is 0.404 bits per heavy atom. The molecule has 0 saturated carbocycles. The molecule has 8 rings (SSSR count). The smallest absolute Gasteiger partial charge is 0.246 e. The van der Waals surface area contributed by atoms with E-state index in [2.05, 4.69) is 210 Å². The van der Waals surface area contributed by atoms with Crippen LogP contribution in [0.15, 0.2) is 195 Å². The van der Waals surface area contributed by atoms with E-state index in [9.17, 15) is 0 Å². The van der Waals surface area contributed by atoms with Crippen LogP contribution < -0.4 is 35.4 Å². The fraction of sp³-hybridized carbons (Fsp3) is 0.0682. The van der Waals surface area contributed by atoms with Crippen molar-refractivity contribution in [3.05, 3.63) is 195 Å². The molecule has 0 amide bonds. The van der Waals surface area contributed by atoms with Gasteiger partial charge in [-0.25, -0.2) is 15.0 Å². The van der Waals surface area contributed by atoms with Crippen molar-refractivity contribution in [3.8, 4) is 11.5 Å². The average molecular weight is 724 g/mol. The molecule has 0 N–H and O–H groups in total. The Balaban J connectivity index is 1.73. The van der Waals surface area contributed by atoms with E-state index >= 15 is 0 Å². The van der Waals surface area contributed by atoms with E-state index in [-0.39, 0.29) is 0 Å². The summed E-state index contributed by atoms with van der Waals surface area (Å²) in [6.45, 7) is 7.18. The molecule has 0 aliphatic carbocycles. The summed E-state index contributed by atoms with van der Waals surface area (Å²) in [6.07, 6.45) is 3.73. The molecule has 0 aromatic heterocycles. The SMILES string of the molecule is C[Si](C)(C)n1cnc2ncnc-2c1N([Si](c1ccccc1)(c1ccccc1)c1ccccc1)[Si](c1ccccc1)(c1ccccc1)c1ccccc1. The van der Waals surface area contributed by atoms with Gasteiger partial charge in [0.1, 0.15) is 17.8 Å². The molecule has 0 saturated heterocycles. The molecule has 6 aromatic carbocycles. The maximum absolute atomic E-state index is 5.13. The Morgan fingerprint density at radius 3 is 1.00 bits per heavy atom. The number of fused-ring (bicyclic) bond motifs is 1. The van der Waals surface area contributed by atoms with Gasteiger partial charge in [0.05, 0.1) is 6.33 Å². The Morgan fingerprint density at radius 2 is 0.712 bits per heavy atom. The first-order valence-corrected chi connectivity index (χ1v) is 25.1. The molecule has 2 aliphatic heterocycles. The zero-order chi connectivity index (χ0) is 35.6. The minimum atomic E-state index is -3.38. The summed E-state index contributed by atoms with van der Waals surface area (Å²) in [5.74, 6) is 1.73. The van der Waals surface area contributed by atoms with E-state index in [1.807, 2.05) is 6.33 Å². The summed E-state index contributed by atoms with van der Waals surface area (Å²) in [5, 5.41) is 7.74. The number of nitrogens with zero attached hydrogens (tertiary/aromatic N) is 5. The molecule has 52 heavy (non-hydrogen) atoms. The fourth-order valence-corrected chi connectivity index (χ4v) is 22.4. The highest BCUT2D eigenvalue weighted by molar-refractivity contribution is 7.29. The average Bonchev–Trinajstić information content (AvgIpc) is 3.69. The predicted octanol–water partition coefficient (Wildman–Crippen LogP) is 5.60. The second-order valence-corrected chi connectivity index (χ2v) is 26.6. The van der Waals surface area contributed by atoms with Gasteiger partial charge in [0.2, 0.25) is 16.5 Å². The van der Waals surface area contributed by atoms with Crippen LogP contribution in [0, 0.1) is 0 Å². The molecule has 0 spiro atoms. The highest BCUT2D eigenvalue weighted by Crippen LogP contribution is 2.37. The first kappa shape index (κ1) is 33.5. The predicted molar refractivity (Wildman–Crippen MR) is 224 cm³/mol. The van der Waals surface area contributed by atoms with Gasteiger partial charge in [-0.2, -0.15) is 0 Å². The van der Waals surface area contributed by atoms with E-state index in [1.165, 1.54) is 31.1 Å². The van der Waals surface area contributed by atoms with Crippen LogP contribution in [0.1, 0.15) is 0 Å². The minimum absolute atomic E-state index is 0.656. The summed E-state index contributed by atoms with van der Waals surface area (Å²) in [4.78, 5) is 14.9. The molecular formula is C44H41N5Si3. The van der Waals surface area contributed by atoms with E-state index in [0.717, 1.165) is 11.5 Å². The van der Waals surface area contributed by atoms with Crippen LogP contribution in [0.2, 0.25) is 19.6 Å². The quantitative estimate of drug-likeness (QED) is 0.136. The molecule has 0 bridgehead atoms. The number of imidazole rings is 1. The van der Waals surface area contributed by atoms with Crippen LogP contribution in [0.3, 0.4) is 0 Å². The van der Waals surface area contributed by atoms with E-state index < -0.39 is 24.7 Å². The van der Waals surface area contributed by atoms with E-state index in [0.29, 0.717) is 5.82 Å². The van der Waals surface area contributed by atoms with Crippen molar-refractivity contribution in [2.75, 3.05) is 4.23 Å². The van der Waals surface area contributed by atoms with Crippen LogP contribution in [0.25, 0.3) is 11.5 Å². The van der Waals surface area contributed by atoms with Crippen molar-refractivity contribution in [3.63, 3.8) is 0 Å². The Labute approximate surface area is 309 Å². The molecular weight excluding hydrogens is 683 g/mol. The van der Waals surface area contributed by atoms with Crippen LogP contribution in [-0.4, -0.2) is 43.9 Å². The van der Waals surface area contributed by atoms with Gasteiger partial charge >= 0.3 is 0 Å². The first-order chi connectivity index (χ1) is 25.5. The molecule has 0 unspecified atom stereocenters. The number of benzene rings is 6. The maximum atomic E-state index is 5.13. The van der Waals surface area contributed by atoms with Crippen molar-refractivity contribution in [1.82, 2.24) is 19.2 Å². The Kier molecular flexibility index (Phi) is 8.88. The molecule has 0 radical (unpaired) electrons.